The van der Waals surface area contributed by atoms with E-state index in [1.807, 2.05) is 49.4 Å². The number of aryl methyl sites for hydroxylation is 1. The van der Waals surface area contributed by atoms with Gasteiger partial charge >= 0.3 is 0 Å². The fraction of sp³-hybridized carbons (Fsp3) is 0.143. The summed E-state index contributed by atoms with van der Waals surface area (Å²) in [5.41, 5.74) is 6.09. The number of nitrogens with two attached hydrogens (primary N) is 1. The van der Waals surface area contributed by atoms with Gasteiger partial charge in [0.2, 0.25) is 0 Å². The van der Waals surface area contributed by atoms with Crippen LogP contribution in [0.25, 0.3) is 0 Å². The molecule has 2 nitrogen and oxygen atoms in total. The first-order valence-electron chi connectivity index (χ1n) is 5.59. The molecule has 94 valence electrons. The van der Waals surface area contributed by atoms with E-state index >= 15 is 0 Å². The molecule has 18 heavy (non-hydrogen) atoms. The van der Waals surface area contributed by atoms with Crippen LogP contribution in [0.15, 0.2) is 42.5 Å². The number of rotatable bonds is 3. The van der Waals surface area contributed by atoms with Crippen LogP contribution in [0.1, 0.15) is 22.7 Å². The van der Waals surface area contributed by atoms with Gasteiger partial charge in [0.15, 0.2) is 0 Å². The van der Waals surface area contributed by atoms with Gasteiger partial charge in [0.25, 0.3) is 0 Å². The first kappa shape index (κ1) is 13.4. The number of hydrogen-bond acceptors (Lipinski definition) is 2. The molecule has 3 N–H and O–H groups in total. The fourth-order valence-corrected chi connectivity index (χ4v) is 2.34. The molecule has 0 aliphatic heterocycles. The lowest BCUT2D eigenvalue weighted by molar-refractivity contribution is 0.634. The molecule has 0 radical (unpaired) electrons. The van der Waals surface area contributed by atoms with Gasteiger partial charge in [0.05, 0.1) is 6.04 Å². The summed E-state index contributed by atoms with van der Waals surface area (Å²) < 4.78 is 0. The van der Waals surface area contributed by atoms with Crippen LogP contribution in [0.3, 0.4) is 0 Å². The van der Waals surface area contributed by atoms with Crippen molar-refractivity contribution in [1.82, 2.24) is 5.43 Å². The Kier molecular flexibility index (Phi) is 4.25. The van der Waals surface area contributed by atoms with E-state index < -0.39 is 0 Å². The predicted molar refractivity (Wildman–Crippen MR) is 76.8 cm³/mol. The monoisotopic (exact) mass is 280 g/mol. The molecule has 0 amide bonds. The van der Waals surface area contributed by atoms with Gasteiger partial charge in [-0.15, -0.1) is 0 Å². The minimum atomic E-state index is -0.0699. The van der Waals surface area contributed by atoms with Crippen LogP contribution in [0.5, 0.6) is 0 Å². The van der Waals surface area contributed by atoms with Crippen molar-refractivity contribution < 1.29 is 0 Å². The number of halogens is 2. The highest BCUT2D eigenvalue weighted by Crippen LogP contribution is 2.27. The molecular formula is C14H14Cl2N2. The molecule has 2 aromatic rings. The zero-order valence-corrected chi connectivity index (χ0v) is 11.5. The van der Waals surface area contributed by atoms with Crippen molar-refractivity contribution in [2.45, 2.75) is 13.0 Å². The number of nitrogens with one attached hydrogen (secondary N) is 1. The Morgan fingerprint density at radius 3 is 2.17 bits per heavy atom. The largest absolute Gasteiger partial charge is 0.271 e. The van der Waals surface area contributed by atoms with Crippen LogP contribution in [0.4, 0.5) is 0 Å². The molecule has 0 spiro atoms. The highest BCUT2D eigenvalue weighted by molar-refractivity contribution is 6.30. The lowest BCUT2D eigenvalue weighted by atomic mass is 9.95. The average molecular weight is 281 g/mol. The SMILES string of the molecule is Cc1cc(Cl)ccc1C(NN)c1ccc(Cl)cc1. The number of benzene rings is 2. The van der Waals surface area contributed by atoms with E-state index in [0.29, 0.717) is 5.02 Å². The quantitative estimate of drug-likeness (QED) is 0.662. The van der Waals surface area contributed by atoms with Crippen molar-refractivity contribution in [3.8, 4) is 0 Å². The molecule has 0 aliphatic rings. The molecule has 0 aliphatic carbocycles. The summed E-state index contributed by atoms with van der Waals surface area (Å²) in [5, 5.41) is 1.44. The summed E-state index contributed by atoms with van der Waals surface area (Å²) in [4.78, 5) is 0. The lowest BCUT2D eigenvalue weighted by Crippen LogP contribution is -2.29. The van der Waals surface area contributed by atoms with Crippen molar-refractivity contribution in [1.29, 1.82) is 0 Å². The minimum absolute atomic E-state index is 0.0699. The van der Waals surface area contributed by atoms with E-state index in [9.17, 15) is 0 Å². The smallest absolute Gasteiger partial charge is 0.0712 e. The molecule has 0 heterocycles. The Balaban J connectivity index is 2.41. The van der Waals surface area contributed by atoms with Gasteiger partial charge in [0.1, 0.15) is 0 Å². The topological polar surface area (TPSA) is 38.0 Å². The third kappa shape index (κ3) is 2.85. The Labute approximate surface area is 117 Å². The van der Waals surface area contributed by atoms with Gasteiger partial charge < -0.3 is 0 Å². The Bertz CT molecular complexity index is 538. The Morgan fingerprint density at radius 1 is 1.00 bits per heavy atom. The van der Waals surface area contributed by atoms with Gasteiger partial charge in [-0.2, -0.15) is 0 Å². The second kappa shape index (κ2) is 5.72. The molecule has 1 unspecified atom stereocenters. The van der Waals surface area contributed by atoms with Crippen molar-refractivity contribution in [2.24, 2.45) is 5.84 Å². The summed E-state index contributed by atoms with van der Waals surface area (Å²) >= 11 is 11.9. The molecule has 4 heteroatoms. The summed E-state index contributed by atoms with van der Waals surface area (Å²) in [7, 11) is 0. The standard InChI is InChI=1S/C14H14Cl2N2/c1-9-8-12(16)6-7-13(9)14(18-17)10-2-4-11(15)5-3-10/h2-8,14,18H,17H2,1H3. The fourth-order valence-electron chi connectivity index (χ4n) is 1.98. The number of hydrogen-bond donors (Lipinski definition) is 2. The second-order valence-corrected chi connectivity index (χ2v) is 5.03. The third-order valence-corrected chi connectivity index (χ3v) is 3.40. The molecule has 0 fully saturated rings. The van der Waals surface area contributed by atoms with Crippen molar-refractivity contribution in [3.05, 3.63) is 69.2 Å². The van der Waals surface area contributed by atoms with Crippen LogP contribution in [0, 0.1) is 6.92 Å². The normalized spacial score (nSPS) is 12.4. The van der Waals surface area contributed by atoms with Crippen LogP contribution in [0.2, 0.25) is 10.0 Å². The lowest BCUT2D eigenvalue weighted by Gasteiger charge is -2.19. The van der Waals surface area contributed by atoms with E-state index in [4.69, 9.17) is 29.0 Å². The average Bonchev–Trinajstić information content (AvgIpc) is 2.35. The van der Waals surface area contributed by atoms with E-state index in [1.54, 1.807) is 0 Å². The van der Waals surface area contributed by atoms with Crippen LogP contribution in [-0.2, 0) is 0 Å². The maximum Gasteiger partial charge on any atom is 0.0712 e. The third-order valence-electron chi connectivity index (χ3n) is 2.91. The molecule has 0 aromatic heterocycles. The molecular weight excluding hydrogens is 267 g/mol. The summed E-state index contributed by atoms with van der Waals surface area (Å²) in [6.45, 7) is 2.02. The summed E-state index contributed by atoms with van der Waals surface area (Å²) in [5.74, 6) is 5.67. The Hall–Kier alpha value is -1.06. The highest BCUT2D eigenvalue weighted by atomic mass is 35.5. The van der Waals surface area contributed by atoms with Gasteiger partial charge in [-0.05, 0) is 47.9 Å². The zero-order chi connectivity index (χ0) is 13.1. The van der Waals surface area contributed by atoms with Gasteiger partial charge in [0, 0.05) is 10.0 Å². The van der Waals surface area contributed by atoms with E-state index in [2.05, 4.69) is 5.43 Å². The maximum absolute atomic E-state index is 5.96. The van der Waals surface area contributed by atoms with E-state index in [0.717, 1.165) is 21.7 Å². The summed E-state index contributed by atoms with van der Waals surface area (Å²) in [6.07, 6.45) is 0. The minimum Gasteiger partial charge on any atom is -0.271 e. The van der Waals surface area contributed by atoms with Crippen LogP contribution in [-0.4, -0.2) is 0 Å². The summed E-state index contributed by atoms with van der Waals surface area (Å²) in [6, 6.07) is 13.3. The zero-order valence-electron chi connectivity index (χ0n) is 9.95. The molecule has 0 bridgehead atoms. The molecule has 0 saturated heterocycles. The maximum atomic E-state index is 5.96. The van der Waals surface area contributed by atoms with Crippen LogP contribution >= 0.6 is 23.2 Å². The van der Waals surface area contributed by atoms with Gasteiger partial charge in [-0.1, -0.05) is 41.4 Å². The molecule has 1 atom stereocenters. The molecule has 0 saturated carbocycles. The second-order valence-electron chi connectivity index (χ2n) is 4.15. The first-order valence-corrected chi connectivity index (χ1v) is 6.35. The van der Waals surface area contributed by atoms with Crippen LogP contribution < -0.4 is 11.3 Å². The number of hydrazine groups is 1. The highest BCUT2D eigenvalue weighted by Gasteiger charge is 2.14. The van der Waals surface area contributed by atoms with Crippen molar-refractivity contribution in [3.63, 3.8) is 0 Å². The van der Waals surface area contributed by atoms with E-state index in [-0.39, 0.29) is 6.04 Å². The van der Waals surface area contributed by atoms with Crippen molar-refractivity contribution in [2.75, 3.05) is 0 Å². The first-order chi connectivity index (χ1) is 8.61. The predicted octanol–water partition coefficient (Wildman–Crippen LogP) is 3.85. The van der Waals surface area contributed by atoms with Gasteiger partial charge in [-0.25, -0.2) is 5.43 Å². The van der Waals surface area contributed by atoms with E-state index in [1.165, 1.54) is 0 Å². The molecule has 2 aromatic carbocycles. The molecule has 2 rings (SSSR count). The Morgan fingerprint density at radius 2 is 1.61 bits per heavy atom. The van der Waals surface area contributed by atoms with Gasteiger partial charge in [-0.3, -0.25) is 5.84 Å². The van der Waals surface area contributed by atoms with Crippen molar-refractivity contribution >= 4 is 23.2 Å².